The highest BCUT2D eigenvalue weighted by Gasteiger charge is 2.19. The molecule has 0 saturated carbocycles. The SMILES string of the molecule is Cc1cccc(-c2cc(-c3ccc4oc5c(Cc6cc(C)cc7c6oc6ccccc67)cc(C)cc5c4c3)c3oc4ccccc4c3c2)c1. The maximum Gasteiger partial charge on any atom is 0.143 e. The van der Waals surface area contributed by atoms with Gasteiger partial charge in [0.1, 0.15) is 33.5 Å². The molecule has 0 spiro atoms. The fourth-order valence-electron chi connectivity index (χ4n) is 7.83. The van der Waals surface area contributed by atoms with Crippen LogP contribution in [0.1, 0.15) is 27.8 Å². The van der Waals surface area contributed by atoms with Gasteiger partial charge in [0, 0.05) is 55.4 Å². The van der Waals surface area contributed by atoms with E-state index in [-0.39, 0.29) is 0 Å². The second-order valence-electron chi connectivity index (χ2n) is 13.6. The topological polar surface area (TPSA) is 39.4 Å². The van der Waals surface area contributed by atoms with Gasteiger partial charge in [-0.2, -0.15) is 0 Å². The molecule has 0 fully saturated rings. The van der Waals surface area contributed by atoms with Crippen molar-refractivity contribution in [2.75, 3.05) is 0 Å². The van der Waals surface area contributed by atoms with Crippen molar-refractivity contribution in [1.29, 1.82) is 0 Å². The molecule has 10 rings (SSSR count). The van der Waals surface area contributed by atoms with Crippen LogP contribution < -0.4 is 0 Å². The van der Waals surface area contributed by atoms with Gasteiger partial charge in [0.25, 0.3) is 0 Å². The van der Waals surface area contributed by atoms with Crippen LogP contribution >= 0.6 is 0 Å². The molecule has 0 aliphatic rings. The van der Waals surface area contributed by atoms with E-state index in [1.54, 1.807) is 0 Å². The normalized spacial score (nSPS) is 12.1. The van der Waals surface area contributed by atoms with E-state index < -0.39 is 0 Å². The second kappa shape index (κ2) is 10.5. The van der Waals surface area contributed by atoms with Crippen molar-refractivity contribution in [2.24, 2.45) is 0 Å². The lowest BCUT2D eigenvalue weighted by molar-refractivity contribution is 0.659. The summed E-state index contributed by atoms with van der Waals surface area (Å²) in [5, 5.41) is 6.77. The van der Waals surface area contributed by atoms with Gasteiger partial charge in [0.05, 0.1) is 0 Å². The number of furan rings is 3. The molecular weight excluding hydrogens is 601 g/mol. The van der Waals surface area contributed by atoms with Crippen LogP contribution in [0.4, 0.5) is 0 Å². The summed E-state index contributed by atoms with van der Waals surface area (Å²) >= 11 is 0. The average Bonchev–Trinajstić information content (AvgIpc) is 3.79. The van der Waals surface area contributed by atoms with Gasteiger partial charge >= 0.3 is 0 Å². The van der Waals surface area contributed by atoms with Gasteiger partial charge in [0.15, 0.2) is 0 Å². The standard InChI is InChI=1S/C46H32O3/c1-26-9-8-10-29(17-26)31-24-36(46-40(25-31)35-12-5-7-14-42(35)49-46)30-15-16-43-37(23-30)39-21-28(3)19-33(45(39)48-43)22-32-18-27(2)20-38-34-11-4-6-13-41(34)47-44(32)38/h4-21,23-25H,22H2,1-3H3. The zero-order valence-corrected chi connectivity index (χ0v) is 27.6. The first-order valence-corrected chi connectivity index (χ1v) is 16.9. The van der Waals surface area contributed by atoms with E-state index in [1.807, 2.05) is 18.2 Å². The third-order valence-electron chi connectivity index (χ3n) is 10.0. The number of hydrogen-bond acceptors (Lipinski definition) is 3. The van der Waals surface area contributed by atoms with Crippen molar-refractivity contribution in [1.82, 2.24) is 0 Å². The number of para-hydroxylation sites is 2. The van der Waals surface area contributed by atoms with Crippen LogP contribution in [-0.4, -0.2) is 0 Å². The third-order valence-corrected chi connectivity index (χ3v) is 10.0. The molecule has 0 bridgehead atoms. The van der Waals surface area contributed by atoms with Crippen molar-refractivity contribution >= 4 is 65.8 Å². The molecule has 10 aromatic rings. The highest BCUT2D eigenvalue weighted by molar-refractivity contribution is 6.13. The number of rotatable bonds is 4. The first kappa shape index (κ1) is 28.0. The smallest absolute Gasteiger partial charge is 0.143 e. The molecule has 0 aliphatic carbocycles. The molecule has 234 valence electrons. The van der Waals surface area contributed by atoms with Crippen molar-refractivity contribution in [3.05, 3.63) is 155 Å². The molecular formula is C46H32O3. The molecule has 3 aromatic heterocycles. The Labute approximate surface area is 283 Å². The molecule has 0 amide bonds. The Morgan fingerprint density at radius 2 is 0.939 bits per heavy atom. The Kier molecular flexibility index (Phi) is 5.98. The predicted molar refractivity (Wildman–Crippen MR) is 203 cm³/mol. The summed E-state index contributed by atoms with van der Waals surface area (Å²) in [6, 6.07) is 45.4. The lowest BCUT2D eigenvalue weighted by Crippen LogP contribution is -1.92. The van der Waals surface area contributed by atoms with E-state index >= 15 is 0 Å². The number of aryl methyl sites for hydroxylation is 3. The van der Waals surface area contributed by atoms with Crippen molar-refractivity contribution < 1.29 is 13.3 Å². The molecule has 0 saturated heterocycles. The van der Waals surface area contributed by atoms with E-state index in [1.165, 1.54) is 33.4 Å². The van der Waals surface area contributed by atoms with E-state index in [2.05, 4.69) is 130 Å². The molecule has 3 heteroatoms. The summed E-state index contributed by atoms with van der Waals surface area (Å²) in [5.74, 6) is 0. The fourth-order valence-corrected chi connectivity index (χ4v) is 7.83. The Balaban J connectivity index is 1.16. The lowest BCUT2D eigenvalue weighted by Gasteiger charge is -2.09. The van der Waals surface area contributed by atoms with Crippen LogP contribution in [0.3, 0.4) is 0 Å². The minimum Gasteiger partial charge on any atom is -0.456 e. The predicted octanol–water partition coefficient (Wildman–Crippen LogP) is 13.2. The largest absolute Gasteiger partial charge is 0.456 e. The first-order chi connectivity index (χ1) is 24.0. The first-order valence-electron chi connectivity index (χ1n) is 16.9. The quantitative estimate of drug-likeness (QED) is 0.194. The van der Waals surface area contributed by atoms with Gasteiger partial charge in [-0.25, -0.2) is 0 Å². The van der Waals surface area contributed by atoms with Gasteiger partial charge in [-0.1, -0.05) is 84.4 Å². The summed E-state index contributed by atoms with van der Waals surface area (Å²) in [6.07, 6.45) is 0.709. The molecule has 0 radical (unpaired) electrons. The van der Waals surface area contributed by atoms with Crippen molar-refractivity contribution in [3.63, 3.8) is 0 Å². The third kappa shape index (κ3) is 4.43. The van der Waals surface area contributed by atoms with E-state index in [0.29, 0.717) is 6.42 Å². The van der Waals surface area contributed by atoms with Gasteiger partial charge in [-0.05, 0) is 97.1 Å². The van der Waals surface area contributed by atoms with Gasteiger partial charge in [-0.15, -0.1) is 0 Å². The Morgan fingerprint density at radius 3 is 1.61 bits per heavy atom. The van der Waals surface area contributed by atoms with E-state index in [4.69, 9.17) is 13.3 Å². The minimum absolute atomic E-state index is 0.709. The Bertz CT molecular complexity index is 2950. The van der Waals surface area contributed by atoms with Crippen molar-refractivity contribution in [3.8, 4) is 22.3 Å². The van der Waals surface area contributed by atoms with Gasteiger partial charge < -0.3 is 13.3 Å². The van der Waals surface area contributed by atoms with E-state index in [0.717, 1.165) is 82.5 Å². The molecule has 3 heterocycles. The molecule has 0 unspecified atom stereocenters. The molecule has 0 N–H and O–H groups in total. The number of fused-ring (bicyclic) bond motifs is 9. The summed E-state index contributed by atoms with van der Waals surface area (Å²) in [4.78, 5) is 0. The molecule has 0 aliphatic heterocycles. The summed E-state index contributed by atoms with van der Waals surface area (Å²) in [6.45, 7) is 6.47. The second-order valence-corrected chi connectivity index (χ2v) is 13.6. The Morgan fingerprint density at radius 1 is 0.367 bits per heavy atom. The highest BCUT2D eigenvalue weighted by atomic mass is 16.3. The highest BCUT2D eigenvalue weighted by Crippen LogP contribution is 2.42. The maximum atomic E-state index is 6.69. The molecule has 7 aromatic carbocycles. The molecule has 3 nitrogen and oxygen atoms in total. The fraction of sp³-hybridized carbons (Fsp3) is 0.0870. The van der Waals surface area contributed by atoms with Crippen LogP contribution in [-0.2, 0) is 6.42 Å². The van der Waals surface area contributed by atoms with Crippen molar-refractivity contribution in [2.45, 2.75) is 27.2 Å². The van der Waals surface area contributed by atoms with Gasteiger partial charge in [-0.3, -0.25) is 0 Å². The Hall–Kier alpha value is -6.06. The average molecular weight is 633 g/mol. The zero-order valence-electron chi connectivity index (χ0n) is 27.6. The van der Waals surface area contributed by atoms with Gasteiger partial charge in [0.2, 0.25) is 0 Å². The number of hydrogen-bond donors (Lipinski definition) is 0. The molecule has 0 atom stereocenters. The van der Waals surface area contributed by atoms with Crippen LogP contribution in [0.25, 0.3) is 88.1 Å². The van der Waals surface area contributed by atoms with Crippen LogP contribution in [0, 0.1) is 20.8 Å². The van der Waals surface area contributed by atoms with Crippen LogP contribution in [0.5, 0.6) is 0 Å². The summed E-state index contributed by atoms with van der Waals surface area (Å²) in [5.41, 5.74) is 16.0. The monoisotopic (exact) mass is 632 g/mol. The van der Waals surface area contributed by atoms with Crippen LogP contribution in [0.2, 0.25) is 0 Å². The van der Waals surface area contributed by atoms with Crippen LogP contribution in [0.15, 0.2) is 141 Å². The number of benzene rings is 7. The molecule has 49 heavy (non-hydrogen) atoms. The summed E-state index contributed by atoms with van der Waals surface area (Å²) in [7, 11) is 0. The lowest BCUT2D eigenvalue weighted by atomic mass is 9.94. The van der Waals surface area contributed by atoms with E-state index in [9.17, 15) is 0 Å². The zero-order chi connectivity index (χ0) is 32.8. The minimum atomic E-state index is 0.709. The summed E-state index contributed by atoms with van der Waals surface area (Å²) < 4.78 is 19.7. The maximum absolute atomic E-state index is 6.69.